The number of allylic oxidation sites excluding steroid dienone is 2. The topological polar surface area (TPSA) is 95.2 Å². The molecule has 0 saturated carbocycles. The summed E-state index contributed by atoms with van der Waals surface area (Å²) >= 11 is 0. The second-order valence-electron chi connectivity index (χ2n) is 3.28. The molecule has 0 amide bonds. The molecule has 16 heavy (non-hydrogen) atoms. The fourth-order valence-electron chi connectivity index (χ4n) is 1.31. The van der Waals surface area contributed by atoms with E-state index >= 15 is 0 Å². The molecule has 4 heteroatoms. The van der Waals surface area contributed by atoms with Crippen LogP contribution in [0.15, 0.2) is 12.2 Å². The highest BCUT2D eigenvalue weighted by atomic mass is 14.3. The van der Waals surface area contributed by atoms with Crippen molar-refractivity contribution in [3.8, 4) is 24.3 Å². The van der Waals surface area contributed by atoms with Crippen molar-refractivity contribution in [3.05, 3.63) is 12.2 Å². The van der Waals surface area contributed by atoms with E-state index in [1.807, 2.05) is 12.1 Å². The van der Waals surface area contributed by atoms with Crippen molar-refractivity contribution in [1.82, 2.24) is 0 Å². The fraction of sp³-hybridized carbons (Fsp3) is 0.500. The van der Waals surface area contributed by atoms with Crippen molar-refractivity contribution in [2.45, 2.75) is 25.7 Å². The molecule has 0 bridgehead atoms. The van der Waals surface area contributed by atoms with Crippen LogP contribution in [0.1, 0.15) is 25.7 Å². The Balaban J connectivity index is 4.22. The Hall–Kier alpha value is -2.30. The molecule has 2 atom stereocenters. The first-order chi connectivity index (χ1) is 7.79. The first kappa shape index (κ1) is 13.7. The predicted molar refractivity (Wildman–Crippen MR) is 57.0 cm³/mol. The minimum atomic E-state index is -0.535. The van der Waals surface area contributed by atoms with E-state index in [9.17, 15) is 0 Å². The molecule has 0 aromatic carbocycles. The van der Waals surface area contributed by atoms with Gasteiger partial charge < -0.3 is 0 Å². The van der Waals surface area contributed by atoms with Crippen LogP contribution in [0.2, 0.25) is 0 Å². The maximum atomic E-state index is 8.90. The lowest BCUT2D eigenvalue weighted by molar-refractivity contribution is 0.502. The van der Waals surface area contributed by atoms with Gasteiger partial charge in [-0.1, -0.05) is 12.5 Å². The normalized spacial score (nSPS) is 13.0. The molecule has 4 nitrogen and oxygen atoms in total. The van der Waals surface area contributed by atoms with E-state index in [4.69, 9.17) is 21.0 Å². The summed E-state index contributed by atoms with van der Waals surface area (Å²) in [6, 6.07) is 7.91. The van der Waals surface area contributed by atoms with E-state index in [-0.39, 0.29) is 0 Å². The minimum Gasteiger partial charge on any atom is -0.198 e. The zero-order valence-corrected chi connectivity index (χ0v) is 8.93. The second kappa shape index (κ2) is 9.26. The maximum absolute atomic E-state index is 8.90. The van der Waals surface area contributed by atoms with E-state index in [0.29, 0.717) is 12.8 Å². The minimum absolute atomic E-state index is 0.395. The Bertz CT molecular complexity index is 383. The predicted octanol–water partition coefficient (Wildman–Crippen LogP) is 2.43. The monoisotopic (exact) mass is 212 g/mol. The summed E-state index contributed by atoms with van der Waals surface area (Å²) in [6.45, 7) is 0. The molecule has 0 aliphatic carbocycles. The summed E-state index contributed by atoms with van der Waals surface area (Å²) in [5.74, 6) is -0.931. The number of nitriles is 4. The molecule has 0 aliphatic rings. The Morgan fingerprint density at radius 1 is 1.00 bits per heavy atom. The van der Waals surface area contributed by atoms with Gasteiger partial charge in [-0.25, -0.2) is 0 Å². The van der Waals surface area contributed by atoms with Gasteiger partial charge in [0.1, 0.15) is 0 Å². The molecule has 0 aliphatic heterocycles. The van der Waals surface area contributed by atoms with Gasteiger partial charge in [-0.05, 0) is 12.8 Å². The van der Waals surface area contributed by atoms with Crippen LogP contribution < -0.4 is 0 Å². The van der Waals surface area contributed by atoms with Gasteiger partial charge in [0.25, 0.3) is 0 Å². The molecular weight excluding hydrogens is 200 g/mol. The van der Waals surface area contributed by atoms with Crippen LogP contribution in [0.5, 0.6) is 0 Å². The molecule has 0 heterocycles. The van der Waals surface area contributed by atoms with Crippen molar-refractivity contribution in [2.24, 2.45) is 11.8 Å². The molecule has 0 spiro atoms. The third kappa shape index (κ3) is 5.43. The quantitative estimate of drug-likeness (QED) is 0.499. The Morgan fingerprint density at radius 2 is 1.75 bits per heavy atom. The zero-order chi connectivity index (χ0) is 12.2. The Labute approximate surface area is 95.6 Å². The number of hydrogen-bond acceptors (Lipinski definition) is 4. The Kier molecular flexibility index (Phi) is 7.93. The molecule has 0 aromatic rings. The smallest absolute Gasteiger partial charge is 0.0909 e. The summed E-state index contributed by atoms with van der Waals surface area (Å²) in [4.78, 5) is 0. The van der Waals surface area contributed by atoms with Crippen LogP contribution in [0.4, 0.5) is 0 Å². The van der Waals surface area contributed by atoms with Crippen LogP contribution in [0.3, 0.4) is 0 Å². The van der Waals surface area contributed by atoms with Crippen molar-refractivity contribution < 1.29 is 0 Å². The van der Waals surface area contributed by atoms with Gasteiger partial charge in [-0.3, -0.25) is 0 Å². The van der Waals surface area contributed by atoms with Crippen LogP contribution in [-0.2, 0) is 0 Å². The molecule has 0 saturated heterocycles. The molecule has 0 aromatic heterocycles. The molecule has 0 N–H and O–H groups in total. The fourth-order valence-corrected chi connectivity index (χ4v) is 1.31. The third-order valence-electron chi connectivity index (χ3n) is 2.18. The van der Waals surface area contributed by atoms with E-state index in [2.05, 4.69) is 6.07 Å². The molecule has 0 radical (unpaired) electrons. The average Bonchev–Trinajstić information content (AvgIpc) is 2.32. The van der Waals surface area contributed by atoms with Gasteiger partial charge in [0.2, 0.25) is 0 Å². The standard InChI is InChI=1S/C12H12N4/c13-7-3-1-2-5-11(9-15)12(10-16)6-4-8-14/h4,6,11-12H,1-3,5H2. The van der Waals surface area contributed by atoms with Crippen LogP contribution in [0.25, 0.3) is 0 Å². The van der Waals surface area contributed by atoms with E-state index in [0.717, 1.165) is 12.8 Å². The third-order valence-corrected chi connectivity index (χ3v) is 2.18. The highest BCUT2D eigenvalue weighted by Gasteiger charge is 2.17. The number of rotatable bonds is 6. The van der Waals surface area contributed by atoms with Crippen molar-refractivity contribution >= 4 is 0 Å². The highest BCUT2D eigenvalue weighted by Crippen LogP contribution is 2.19. The largest absolute Gasteiger partial charge is 0.198 e. The summed E-state index contributed by atoms with van der Waals surface area (Å²) in [5, 5.41) is 34.4. The first-order valence-corrected chi connectivity index (χ1v) is 5.02. The molecule has 80 valence electrons. The summed E-state index contributed by atoms with van der Waals surface area (Å²) in [5.41, 5.74) is 0. The van der Waals surface area contributed by atoms with Crippen LogP contribution in [-0.4, -0.2) is 0 Å². The molecule has 0 fully saturated rings. The van der Waals surface area contributed by atoms with E-state index < -0.39 is 11.8 Å². The zero-order valence-electron chi connectivity index (χ0n) is 8.93. The van der Waals surface area contributed by atoms with Gasteiger partial charge in [-0.15, -0.1) is 0 Å². The molecular formula is C12H12N4. The van der Waals surface area contributed by atoms with Crippen LogP contribution >= 0.6 is 0 Å². The first-order valence-electron chi connectivity index (χ1n) is 5.02. The van der Waals surface area contributed by atoms with Gasteiger partial charge in [0, 0.05) is 12.5 Å². The highest BCUT2D eigenvalue weighted by molar-refractivity contribution is 5.13. The van der Waals surface area contributed by atoms with Gasteiger partial charge in [0.15, 0.2) is 0 Å². The number of nitrogens with zero attached hydrogens (tertiary/aromatic N) is 4. The lowest BCUT2D eigenvalue weighted by Gasteiger charge is -2.10. The molecule has 2 unspecified atom stereocenters. The number of unbranched alkanes of at least 4 members (excludes halogenated alkanes) is 2. The van der Waals surface area contributed by atoms with E-state index in [1.54, 1.807) is 6.07 Å². The average molecular weight is 212 g/mol. The van der Waals surface area contributed by atoms with Crippen LogP contribution in [0, 0.1) is 57.2 Å². The Morgan fingerprint density at radius 3 is 2.25 bits per heavy atom. The summed E-state index contributed by atoms with van der Waals surface area (Å²) in [7, 11) is 0. The summed E-state index contributed by atoms with van der Waals surface area (Å²) < 4.78 is 0. The number of hydrogen-bond donors (Lipinski definition) is 0. The SMILES string of the molecule is N#CC=CC(C#N)C(C#N)CCCCC#N. The lowest BCUT2D eigenvalue weighted by Crippen LogP contribution is -2.08. The lowest BCUT2D eigenvalue weighted by atomic mass is 9.89. The van der Waals surface area contributed by atoms with Gasteiger partial charge in [0.05, 0.1) is 36.1 Å². The van der Waals surface area contributed by atoms with Crippen molar-refractivity contribution in [3.63, 3.8) is 0 Å². The molecule has 0 rings (SSSR count). The second-order valence-corrected chi connectivity index (χ2v) is 3.28. The van der Waals surface area contributed by atoms with Gasteiger partial charge >= 0.3 is 0 Å². The van der Waals surface area contributed by atoms with Gasteiger partial charge in [-0.2, -0.15) is 21.0 Å². The summed E-state index contributed by atoms with van der Waals surface area (Å²) in [6.07, 6.45) is 5.25. The van der Waals surface area contributed by atoms with Crippen molar-refractivity contribution in [1.29, 1.82) is 21.0 Å². The maximum Gasteiger partial charge on any atom is 0.0909 e. The van der Waals surface area contributed by atoms with E-state index in [1.165, 1.54) is 12.2 Å². The van der Waals surface area contributed by atoms with Crippen molar-refractivity contribution in [2.75, 3.05) is 0 Å².